The molecule has 0 radical (unpaired) electrons. The molecule has 1 aliphatic rings. The SMILES string of the molecule is CCCCCC1(C)CC(=O)NC1CC. The van der Waals surface area contributed by atoms with E-state index >= 15 is 0 Å². The average Bonchev–Trinajstić information content (AvgIpc) is 2.42. The highest BCUT2D eigenvalue weighted by atomic mass is 16.2. The third-order valence-corrected chi connectivity index (χ3v) is 3.50. The van der Waals surface area contributed by atoms with Crippen LogP contribution in [0, 0.1) is 5.41 Å². The van der Waals surface area contributed by atoms with Crippen molar-refractivity contribution in [3.8, 4) is 0 Å². The van der Waals surface area contributed by atoms with Crippen molar-refractivity contribution >= 4 is 5.91 Å². The maximum atomic E-state index is 11.3. The molecule has 14 heavy (non-hydrogen) atoms. The molecule has 2 nitrogen and oxygen atoms in total. The van der Waals surface area contributed by atoms with Crippen LogP contribution in [0.25, 0.3) is 0 Å². The highest BCUT2D eigenvalue weighted by Crippen LogP contribution is 2.38. The number of amides is 1. The van der Waals surface area contributed by atoms with E-state index in [4.69, 9.17) is 0 Å². The fourth-order valence-electron chi connectivity index (χ4n) is 2.55. The molecule has 0 aromatic rings. The molecule has 2 heteroatoms. The van der Waals surface area contributed by atoms with Crippen molar-refractivity contribution in [3.05, 3.63) is 0 Å². The van der Waals surface area contributed by atoms with Gasteiger partial charge in [-0.3, -0.25) is 4.79 Å². The van der Waals surface area contributed by atoms with Crippen molar-refractivity contribution in [2.75, 3.05) is 0 Å². The lowest BCUT2D eigenvalue weighted by molar-refractivity contribution is -0.119. The predicted molar refractivity (Wildman–Crippen MR) is 59.1 cm³/mol. The first-order chi connectivity index (χ1) is 6.62. The predicted octanol–water partition coefficient (Wildman–Crippen LogP) is 2.87. The summed E-state index contributed by atoms with van der Waals surface area (Å²) in [6, 6.07) is 0.409. The third-order valence-electron chi connectivity index (χ3n) is 3.50. The van der Waals surface area contributed by atoms with Gasteiger partial charge in [-0.2, -0.15) is 0 Å². The van der Waals surface area contributed by atoms with Crippen LogP contribution in [0.2, 0.25) is 0 Å². The fraction of sp³-hybridized carbons (Fsp3) is 0.917. The zero-order valence-corrected chi connectivity index (χ0v) is 9.73. The van der Waals surface area contributed by atoms with Crippen LogP contribution >= 0.6 is 0 Å². The van der Waals surface area contributed by atoms with Gasteiger partial charge in [-0.25, -0.2) is 0 Å². The van der Waals surface area contributed by atoms with Crippen LogP contribution in [0.5, 0.6) is 0 Å². The van der Waals surface area contributed by atoms with E-state index in [9.17, 15) is 4.79 Å². The Labute approximate surface area is 87.5 Å². The van der Waals surface area contributed by atoms with Crippen molar-refractivity contribution in [2.24, 2.45) is 5.41 Å². The second-order valence-corrected chi connectivity index (χ2v) is 4.82. The number of rotatable bonds is 5. The van der Waals surface area contributed by atoms with Crippen LogP contribution in [-0.4, -0.2) is 11.9 Å². The van der Waals surface area contributed by atoms with E-state index in [1.807, 2.05) is 0 Å². The zero-order chi connectivity index (χ0) is 10.6. The summed E-state index contributed by atoms with van der Waals surface area (Å²) in [5, 5.41) is 3.08. The van der Waals surface area contributed by atoms with E-state index in [-0.39, 0.29) is 11.3 Å². The van der Waals surface area contributed by atoms with Crippen molar-refractivity contribution in [1.29, 1.82) is 0 Å². The molecule has 2 atom stereocenters. The molecular formula is C12H23NO. The second kappa shape index (κ2) is 4.81. The lowest BCUT2D eigenvalue weighted by atomic mass is 9.77. The highest BCUT2D eigenvalue weighted by Gasteiger charge is 2.41. The normalized spacial score (nSPS) is 31.9. The van der Waals surface area contributed by atoms with Gasteiger partial charge in [0.25, 0.3) is 0 Å². The van der Waals surface area contributed by atoms with Crippen LogP contribution < -0.4 is 5.32 Å². The van der Waals surface area contributed by atoms with Gasteiger partial charge in [0.2, 0.25) is 5.91 Å². The molecule has 0 spiro atoms. The Hall–Kier alpha value is -0.530. The van der Waals surface area contributed by atoms with E-state index in [0.29, 0.717) is 6.04 Å². The topological polar surface area (TPSA) is 29.1 Å². The minimum absolute atomic E-state index is 0.223. The molecule has 0 bridgehead atoms. The summed E-state index contributed by atoms with van der Waals surface area (Å²) in [6.07, 6.45) is 6.80. The van der Waals surface area contributed by atoms with Gasteiger partial charge < -0.3 is 5.32 Å². The van der Waals surface area contributed by atoms with Gasteiger partial charge in [0, 0.05) is 12.5 Å². The lowest BCUT2D eigenvalue weighted by Crippen LogP contribution is -2.34. The maximum Gasteiger partial charge on any atom is 0.220 e. The Morgan fingerprint density at radius 1 is 1.43 bits per heavy atom. The number of unbranched alkanes of at least 4 members (excludes halogenated alkanes) is 2. The first kappa shape index (κ1) is 11.5. The summed E-state index contributed by atoms with van der Waals surface area (Å²) in [5.41, 5.74) is 0.223. The standard InChI is InChI=1S/C12H23NO/c1-4-6-7-8-12(3)9-11(14)13-10(12)5-2/h10H,4-9H2,1-3H3,(H,13,14). The number of carbonyl (C=O) groups excluding carboxylic acids is 1. The first-order valence-corrected chi connectivity index (χ1v) is 5.91. The number of hydrogen-bond acceptors (Lipinski definition) is 1. The van der Waals surface area contributed by atoms with E-state index < -0.39 is 0 Å². The van der Waals surface area contributed by atoms with E-state index in [1.54, 1.807) is 0 Å². The minimum atomic E-state index is 0.223. The van der Waals surface area contributed by atoms with E-state index in [0.717, 1.165) is 12.8 Å². The van der Waals surface area contributed by atoms with E-state index in [1.165, 1.54) is 25.7 Å². The van der Waals surface area contributed by atoms with Crippen molar-refractivity contribution < 1.29 is 4.79 Å². The molecule has 0 aromatic carbocycles. The van der Waals surface area contributed by atoms with Gasteiger partial charge in [0.15, 0.2) is 0 Å². The van der Waals surface area contributed by atoms with Crippen LogP contribution in [0.4, 0.5) is 0 Å². The summed E-state index contributed by atoms with van der Waals surface area (Å²) in [4.78, 5) is 11.3. The summed E-state index contributed by atoms with van der Waals surface area (Å²) in [6.45, 7) is 6.64. The van der Waals surface area contributed by atoms with Gasteiger partial charge in [0.05, 0.1) is 0 Å². The fourth-order valence-corrected chi connectivity index (χ4v) is 2.55. The Morgan fingerprint density at radius 3 is 2.71 bits per heavy atom. The van der Waals surface area contributed by atoms with Gasteiger partial charge in [-0.1, -0.05) is 40.0 Å². The van der Waals surface area contributed by atoms with E-state index in [2.05, 4.69) is 26.1 Å². The van der Waals surface area contributed by atoms with Crippen LogP contribution in [-0.2, 0) is 4.79 Å². The molecule has 1 rings (SSSR count). The Morgan fingerprint density at radius 2 is 2.14 bits per heavy atom. The van der Waals surface area contributed by atoms with Crippen LogP contribution in [0.3, 0.4) is 0 Å². The second-order valence-electron chi connectivity index (χ2n) is 4.82. The van der Waals surface area contributed by atoms with Gasteiger partial charge in [-0.05, 0) is 18.3 Å². The molecule has 1 N–H and O–H groups in total. The first-order valence-electron chi connectivity index (χ1n) is 5.91. The zero-order valence-electron chi connectivity index (χ0n) is 9.73. The summed E-state index contributed by atoms with van der Waals surface area (Å²) < 4.78 is 0. The molecule has 0 aromatic heterocycles. The molecule has 1 fully saturated rings. The Kier molecular flexibility index (Phi) is 3.97. The third kappa shape index (κ3) is 2.49. The summed E-state index contributed by atoms with van der Waals surface area (Å²) >= 11 is 0. The number of carbonyl (C=O) groups is 1. The molecular weight excluding hydrogens is 174 g/mol. The summed E-state index contributed by atoms with van der Waals surface area (Å²) in [7, 11) is 0. The van der Waals surface area contributed by atoms with Gasteiger partial charge in [0.1, 0.15) is 0 Å². The minimum Gasteiger partial charge on any atom is -0.353 e. The maximum absolute atomic E-state index is 11.3. The summed E-state index contributed by atoms with van der Waals surface area (Å²) in [5.74, 6) is 0.246. The molecule has 1 aliphatic heterocycles. The van der Waals surface area contributed by atoms with Crippen LogP contribution in [0.15, 0.2) is 0 Å². The smallest absolute Gasteiger partial charge is 0.220 e. The molecule has 1 saturated heterocycles. The van der Waals surface area contributed by atoms with Gasteiger partial charge in [-0.15, -0.1) is 0 Å². The molecule has 2 unspecified atom stereocenters. The van der Waals surface area contributed by atoms with Gasteiger partial charge >= 0.3 is 0 Å². The highest BCUT2D eigenvalue weighted by molar-refractivity contribution is 5.79. The van der Waals surface area contributed by atoms with Crippen molar-refractivity contribution in [2.45, 2.75) is 65.3 Å². The molecule has 0 aliphatic carbocycles. The monoisotopic (exact) mass is 197 g/mol. The molecule has 1 amide bonds. The average molecular weight is 197 g/mol. The molecule has 1 heterocycles. The lowest BCUT2D eigenvalue weighted by Gasteiger charge is -2.29. The Bertz CT molecular complexity index is 202. The van der Waals surface area contributed by atoms with Crippen molar-refractivity contribution in [3.63, 3.8) is 0 Å². The van der Waals surface area contributed by atoms with Crippen molar-refractivity contribution in [1.82, 2.24) is 5.32 Å². The quantitative estimate of drug-likeness (QED) is 0.675. The number of nitrogens with one attached hydrogen (secondary N) is 1. The Balaban J connectivity index is 2.48. The number of hydrogen-bond donors (Lipinski definition) is 1. The largest absolute Gasteiger partial charge is 0.353 e. The molecule has 82 valence electrons. The molecule has 0 saturated carbocycles. The van der Waals surface area contributed by atoms with Crippen LogP contribution in [0.1, 0.15) is 59.3 Å².